The van der Waals surface area contributed by atoms with Gasteiger partial charge in [-0.2, -0.15) is 5.26 Å². The van der Waals surface area contributed by atoms with E-state index in [4.69, 9.17) is 4.43 Å². The van der Waals surface area contributed by atoms with Crippen molar-refractivity contribution in [3.8, 4) is 6.07 Å². The zero-order valence-electron chi connectivity index (χ0n) is 19.8. The van der Waals surface area contributed by atoms with Crippen molar-refractivity contribution in [2.24, 2.45) is 28.6 Å². The number of nitriles is 1. The maximum Gasteiger partial charge on any atom is 0.192 e. The monoisotopic (exact) mass is 412 g/mol. The average molecular weight is 413 g/mol. The Morgan fingerprint density at radius 2 is 1.72 bits per heavy atom. The Bertz CT molecular complexity index is 782. The predicted octanol–water partition coefficient (Wildman–Crippen LogP) is 7.40. The van der Waals surface area contributed by atoms with Crippen molar-refractivity contribution in [1.82, 2.24) is 0 Å². The van der Waals surface area contributed by atoms with Gasteiger partial charge in [-0.25, -0.2) is 0 Å². The van der Waals surface area contributed by atoms with Crippen molar-refractivity contribution >= 4 is 8.32 Å². The van der Waals surface area contributed by atoms with Crippen LogP contribution in [0.25, 0.3) is 0 Å². The maximum atomic E-state index is 9.64. The molecule has 4 aliphatic carbocycles. The highest BCUT2D eigenvalue weighted by molar-refractivity contribution is 6.74. The summed E-state index contributed by atoms with van der Waals surface area (Å²) in [5.74, 6) is 2.22. The fourth-order valence-corrected chi connectivity index (χ4v) is 8.45. The molecular formula is C26H41NOSi. The summed E-state index contributed by atoms with van der Waals surface area (Å²) in [4.78, 5) is 0. The third-order valence-corrected chi connectivity index (χ3v) is 14.6. The summed E-state index contributed by atoms with van der Waals surface area (Å²) in [6.07, 6.45) is 13.8. The van der Waals surface area contributed by atoms with Gasteiger partial charge < -0.3 is 4.43 Å². The summed E-state index contributed by atoms with van der Waals surface area (Å²) in [6, 6.07) is 2.54. The van der Waals surface area contributed by atoms with E-state index in [0.29, 0.717) is 17.4 Å². The number of fused-ring (bicyclic) bond motifs is 5. The first-order chi connectivity index (χ1) is 13.4. The third-order valence-electron chi connectivity index (χ3n) is 10.0. The van der Waals surface area contributed by atoms with Crippen LogP contribution in [0, 0.1) is 39.9 Å². The van der Waals surface area contributed by atoms with Gasteiger partial charge in [0.1, 0.15) is 0 Å². The van der Waals surface area contributed by atoms with E-state index in [1.54, 1.807) is 5.57 Å². The van der Waals surface area contributed by atoms with E-state index in [1.807, 2.05) is 0 Å². The fraction of sp³-hybridized carbons (Fsp3) is 0.808. The SMILES string of the molecule is CC(C)(C)[Si](C)(C)O[C@H]1CC[C@@]2(C)C(=CC[C@@H]3[C@@H]2CC[C@]2(C)C([13C]#N)=CC[C@@H]32)C1. The summed E-state index contributed by atoms with van der Waals surface area (Å²) in [6.45, 7) is 16.8. The largest absolute Gasteiger partial charge is 0.414 e. The Labute approximate surface area is 179 Å². The quantitative estimate of drug-likeness (QED) is 0.269. The van der Waals surface area contributed by atoms with Gasteiger partial charge in [0.05, 0.1) is 6.07 Å². The summed E-state index contributed by atoms with van der Waals surface area (Å²) in [5, 5.41) is 9.92. The summed E-state index contributed by atoms with van der Waals surface area (Å²) >= 11 is 0. The van der Waals surface area contributed by atoms with Crippen LogP contribution in [0.1, 0.15) is 79.6 Å². The van der Waals surface area contributed by atoms with Gasteiger partial charge in [0.2, 0.25) is 0 Å². The van der Waals surface area contributed by atoms with E-state index < -0.39 is 8.32 Å². The molecule has 0 aromatic carbocycles. The Balaban J connectivity index is 1.53. The zero-order chi connectivity index (χ0) is 21.2. The standard InChI is InChI=1S/C26H41NOSi/c1-24(2,3)29(6,7)28-20-12-14-25(4)18(16-20)8-10-21-22-11-9-19(17-27)26(22,5)15-13-23(21)25/h8-9,20-23H,10-16H2,1-7H3/t20-,21-,22-,23-,25-,26+/m0/s1/i17+1. The van der Waals surface area contributed by atoms with Gasteiger partial charge in [-0.15, -0.1) is 0 Å². The Kier molecular flexibility index (Phi) is 5.03. The molecule has 0 heterocycles. The van der Waals surface area contributed by atoms with E-state index in [-0.39, 0.29) is 10.5 Å². The molecule has 0 aromatic heterocycles. The van der Waals surface area contributed by atoms with Crippen molar-refractivity contribution in [3.63, 3.8) is 0 Å². The van der Waals surface area contributed by atoms with Gasteiger partial charge >= 0.3 is 0 Å². The van der Waals surface area contributed by atoms with E-state index in [1.165, 1.54) is 32.1 Å². The minimum atomic E-state index is -1.71. The van der Waals surface area contributed by atoms with Crippen LogP contribution < -0.4 is 0 Å². The Morgan fingerprint density at radius 3 is 2.38 bits per heavy atom. The van der Waals surface area contributed by atoms with Crippen LogP contribution in [0.2, 0.25) is 18.1 Å². The van der Waals surface area contributed by atoms with Crippen LogP contribution in [0.15, 0.2) is 23.3 Å². The topological polar surface area (TPSA) is 33.0 Å². The van der Waals surface area contributed by atoms with E-state index in [2.05, 4.69) is 65.9 Å². The summed E-state index contributed by atoms with van der Waals surface area (Å²) in [5.41, 5.74) is 3.27. The first-order valence-electron chi connectivity index (χ1n) is 11.9. The van der Waals surface area contributed by atoms with Gasteiger partial charge in [-0.3, -0.25) is 0 Å². The van der Waals surface area contributed by atoms with E-state index >= 15 is 0 Å². The molecule has 0 saturated heterocycles. The van der Waals surface area contributed by atoms with Gasteiger partial charge in [0.25, 0.3) is 0 Å². The molecule has 4 rings (SSSR count). The lowest BCUT2D eigenvalue weighted by Gasteiger charge is -2.58. The van der Waals surface area contributed by atoms with Gasteiger partial charge in [0, 0.05) is 17.1 Å². The van der Waals surface area contributed by atoms with E-state index in [9.17, 15) is 5.26 Å². The highest BCUT2D eigenvalue weighted by Crippen LogP contribution is 2.65. The van der Waals surface area contributed by atoms with Crippen molar-refractivity contribution in [2.45, 2.75) is 104 Å². The number of rotatable bonds is 2. The molecule has 6 atom stereocenters. The average Bonchev–Trinajstić information content (AvgIpc) is 2.97. The Hall–Kier alpha value is -0.853. The maximum absolute atomic E-state index is 9.64. The third kappa shape index (κ3) is 3.21. The molecule has 0 aliphatic heterocycles. The van der Waals surface area contributed by atoms with Crippen LogP contribution in [0.5, 0.6) is 0 Å². The second-order valence-corrected chi connectivity index (χ2v) is 17.2. The molecule has 2 saturated carbocycles. The molecule has 2 fully saturated rings. The molecule has 0 bridgehead atoms. The molecule has 0 aromatic rings. The van der Waals surface area contributed by atoms with E-state index in [0.717, 1.165) is 30.3 Å². The molecule has 160 valence electrons. The summed E-state index contributed by atoms with van der Waals surface area (Å²) in [7, 11) is -1.71. The second-order valence-electron chi connectivity index (χ2n) is 12.4. The predicted molar refractivity (Wildman–Crippen MR) is 123 cm³/mol. The van der Waals surface area contributed by atoms with Gasteiger partial charge in [0.15, 0.2) is 8.32 Å². The first kappa shape index (κ1) is 21.4. The normalized spacial score (nSPS) is 42.1. The molecule has 0 amide bonds. The molecular weight excluding hydrogens is 371 g/mol. The molecule has 0 radical (unpaired) electrons. The van der Waals surface area contributed by atoms with Crippen LogP contribution in [0.3, 0.4) is 0 Å². The van der Waals surface area contributed by atoms with Crippen LogP contribution in [-0.2, 0) is 4.43 Å². The van der Waals surface area contributed by atoms with Crippen LogP contribution in [-0.4, -0.2) is 14.4 Å². The van der Waals surface area contributed by atoms with Crippen LogP contribution in [0.4, 0.5) is 0 Å². The van der Waals surface area contributed by atoms with Crippen LogP contribution >= 0.6 is 0 Å². The smallest absolute Gasteiger partial charge is 0.192 e. The molecule has 0 N–H and O–H groups in total. The lowest BCUT2D eigenvalue weighted by molar-refractivity contribution is -0.0269. The molecule has 3 heteroatoms. The lowest BCUT2D eigenvalue weighted by Crippen LogP contribution is -2.51. The minimum absolute atomic E-state index is 0.139. The van der Waals surface area contributed by atoms with Crippen molar-refractivity contribution in [3.05, 3.63) is 23.3 Å². The molecule has 29 heavy (non-hydrogen) atoms. The summed E-state index contributed by atoms with van der Waals surface area (Å²) < 4.78 is 6.84. The Morgan fingerprint density at radius 1 is 1.03 bits per heavy atom. The number of hydrogen-bond donors (Lipinski definition) is 0. The fourth-order valence-electron chi connectivity index (χ4n) is 7.06. The number of allylic oxidation sites excluding steroid dienone is 3. The first-order valence-corrected chi connectivity index (χ1v) is 14.8. The molecule has 2 nitrogen and oxygen atoms in total. The number of hydrogen-bond acceptors (Lipinski definition) is 2. The second kappa shape index (κ2) is 6.83. The van der Waals surface area contributed by atoms with Gasteiger partial charge in [-0.1, -0.05) is 52.3 Å². The number of nitrogens with zero attached hydrogens (tertiary/aromatic N) is 1. The molecule has 0 spiro atoms. The minimum Gasteiger partial charge on any atom is -0.414 e. The van der Waals surface area contributed by atoms with Gasteiger partial charge in [-0.05, 0) is 86.2 Å². The lowest BCUT2D eigenvalue weighted by atomic mass is 9.47. The van der Waals surface area contributed by atoms with Crippen molar-refractivity contribution in [1.29, 1.82) is 5.26 Å². The highest BCUT2D eigenvalue weighted by atomic mass is 28.4. The highest BCUT2D eigenvalue weighted by Gasteiger charge is 2.57. The van der Waals surface area contributed by atoms with Crippen molar-refractivity contribution < 1.29 is 4.43 Å². The molecule has 0 unspecified atom stereocenters. The molecule has 4 aliphatic rings. The zero-order valence-corrected chi connectivity index (χ0v) is 20.8. The van der Waals surface area contributed by atoms with Crippen molar-refractivity contribution in [2.75, 3.05) is 0 Å².